The lowest BCUT2D eigenvalue weighted by molar-refractivity contribution is -0.120. The number of hydrogen-bond acceptors (Lipinski definition) is 5. The van der Waals surface area contributed by atoms with Gasteiger partial charge in [0.05, 0.1) is 15.6 Å². The molecule has 0 saturated carbocycles. The van der Waals surface area contributed by atoms with E-state index in [0.717, 1.165) is 17.7 Å². The molecule has 0 radical (unpaired) electrons. The smallest absolute Gasteiger partial charge is 0.264 e. The molecule has 3 rings (SSSR count). The lowest BCUT2D eigenvalue weighted by Gasteiger charge is -2.06. The van der Waals surface area contributed by atoms with Crippen LogP contribution in [0.1, 0.15) is 18.1 Å². The minimum absolute atomic E-state index is 0.223. The summed E-state index contributed by atoms with van der Waals surface area (Å²) in [4.78, 5) is 28.0. The third kappa shape index (κ3) is 5.15. The first-order valence-electron chi connectivity index (χ1n) is 8.54. The van der Waals surface area contributed by atoms with Gasteiger partial charge in [-0.15, -0.1) is 0 Å². The van der Waals surface area contributed by atoms with Crippen LogP contribution in [-0.4, -0.2) is 23.6 Å². The highest BCUT2D eigenvalue weighted by molar-refractivity contribution is 8.18. The first kappa shape index (κ1) is 20.0. The summed E-state index contributed by atoms with van der Waals surface area (Å²) < 4.78 is 5.21. The number of benzene rings is 2. The molecule has 3 N–H and O–H groups in total. The van der Waals surface area contributed by atoms with E-state index in [9.17, 15) is 9.59 Å². The minimum Gasteiger partial charge on any atom is -0.482 e. The van der Waals surface area contributed by atoms with E-state index in [0.29, 0.717) is 20.8 Å². The highest BCUT2D eigenvalue weighted by Gasteiger charge is 2.23. The Labute approximate surface area is 171 Å². The Balaban J connectivity index is 1.73. The Hall–Kier alpha value is -2.77. The molecule has 1 heterocycles. The average molecular weight is 416 g/mol. The van der Waals surface area contributed by atoms with Crippen molar-refractivity contribution < 1.29 is 14.3 Å². The summed E-state index contributed by atoms with van der Waals surface area (Å²) in [7, 11) is 0. The summed E-state index contributed by atoms with van der Waals surface area (Å²) in [6.07, 6.45) is 2.68. The predicted molar refractivity (Wildman–Crippen MR) is 113 cm³/mol. The number of hydrogen-bond donors (Lipinski definition) is 2. The van der Waals surface area contributed by atoms with Gasteiger partial charge in [0, 0.05) is 0 Å². The van der Waals surface area contributed by atoms with Gasteiger partial charge in [-0.3, -0.25) is 9.59 Å². The molecule has 28 heavy (non-hydrogen) atoms. The van der Waals surface area contributed by atoms with Gasteiger partial charge in [-0.05, 0) is 59.7 Å². The monoisotopic (exact) mass is 415 g/mol. The molecular formula is C20H18ClN3O3S. The van der Waals surface area contributed by atoms with Crippen LogP contribution >= 0.6 is 23.4 Å². The zero-order valence-electron chi connectivity index (χ0n) is 15.1. The first-order chi connectivity index (χ1) is 13.4. The number of nitrogens with one attached hydrogen (secondary N) is 1. The number of nitrogens with zero attached hydrogens (tertiary/aromatic N) is 1. The van der Waals surface area contributed by atoms with E-state index < -0.39 is 5.91 Å². The fraction of sp³-hybridized carbons (Fsp3) is 0.150. The number of thioether (sulfide) groups is 1. The molecule has 1 fully saturated rings. The molecule has 2 aromatic carbocycles. The second-order valence-electron chi connectivity index (χ2n) is 5.95. The highest BCUT2D eigenvalue weighted by Crippen LogP contribution is 2.31. The van der Waals surface area contributed by atoms with E-state index in [-0.39, 0.29) is 12.5 Å². The minimum atomic E-state index is -0.586. The molecule has 0 unspecified atom stereocenters. The molecular weight excluding hydrogens is 398 g/mol. The van der Waals surface area contributed by atoms with Crippen LogP contribution in [0.3, 0.4) is 0 Å². The summed E-state index contributed by atoms with van der Waals surface area (Å²) in [5.74, 6) is -0.458. The fourth-order valence-corrected chi connectivity index (χ4v) is 3.51. The van der Waals surface area contributed by atoms with Gasteiger partial charge in [0.25, 0.3) is 11.8 Å². The van der Waals surface area contributed by atoms with Gasteiger partial charge in [0.15, 0.2) is 11.8 Å². The van der Waals surface area contributed by atoms with E-state index in [1.54, 1.807) is 24.3 Å². The van der Waals surface area contributed by atoms with Crippen LogP contribution < -0.4 is 15.8 Å². The van der Waals surface area contributed by atoms with Gasteiger partial charge in [0.2, 0.25) is 0 Å². The van der Waals surface area contributed by atoms with Crippen LogP contribution in [0.5, 0.6) is 5.75 Å². The zero-order valence-corrected chi connectivity index (χ0v) is 16.6. The van der Waals surface area contributed by atoms with Gasteiger partial charge < -0.3 is 15.8 Å². The van der Waals surface area contributed by atoms with Crippen LogP contribution in [0.25, 0.3) is 6.08 Å². The summed E-state index contributed by atoms with van der Waals surface area (Å²) in [5.41, 5.74) is 7.78. The quantitative estimate of drug-likeness (QED) is 0.704. The fourth-order valence-electron chi connectivity index (χ4n) is 2.43. The molecule has 1 saturated heterocycles. The van der Waals surface area contributed by atoms with Crippen molar-refractivity contribution >= 4 is 52.1 Å². The van der Waals surface area contributed by atoms with Crippen molar-refractivity contribution in [2.45, 2.75) is 13.3 Å². The largest absolute Gasteiger partial charge is 0.482 e. The molecule has 0 aromatic heterocycles. The van der Waals surface area contributed by atoms with Crippen molar-refractivity contribution in [3.63, 3.8) is 0 Å². The number of amides is 2. The predicted octanol–water partition coefficient (Wildman–Crippen LogP) is 3.66. The van der Waals surface area contributed by atoms with Gasteiger partial charge in [-0.2, -0.15) is 0 Å². The summed E-state index contributed by atoms with van der Waals surface area (Å²) in [6, 6.07) is 12.9. The van der Waals surface area contributed by atoms with Crippen LogP contribution in [-0.2, 0) is 16.0 Å². The lowest BCUT2D eigenvalue weighted by Crippen LogP contribution is -2.20. The number of rotatable bonds is 6. The van der Waals surface area contributed by atoms with Crippen LogP contribution in [0, 0.1) is 0 Å². The summed E-state index contributed by atoms with van der Waals surface area (Å²) >= 11 is 7.42. The van der Waals surface area contributed by atoms with Gasteiger partial charge in [0.1, 0.15) is 5.75 Å². The zero-order chi connectivity index (χ0) is 20.1. The Bertz CT molecular complexity index is 971. The second kappa shape index (κ2) is 8.95. The topological polar surface area (TPSA) is 93.8 Å². The molecule has 8 heteroatoms. The number of ether oxygens (including phenoxy) is 1. The lowest BCUT2D eigenvalue weighted by atomic mass is 10.2. The third-order valence-corrected chi connectivity index (χ3v) is 5.05. The first-order valence-corrected chi connectivity index (χ1v) is 9.73. The van der Waals surface area contributed by atoms with Gasteiger partial charge in [-0.1, -0.05) is 36.7 Å². The van der Waals surface area contributed by atoms with Crippen molar-refractivity contribution in [1.29, 1.82) is 0 Å². The van der Waals surface area contributed by atoms with Crippen LogP contribution in [0.2, 0.25) is 5.02 Å². The van der Waals surface area contributed by atoms with Crippen LogP contribution in [0.4, 0.5) is 5.69 Å². The van der Waals surface area contributed by atoms with Gasteiger partial charge in [-0.25, -0.2) is 4.99 Å². The normalized spacial score (nSPS) is 16.4. The molecule has 1 aliphatic heterocycles. The maximum atomic E-state index is 12.2. The van der Waals surface area contributed by atoms with Crippen molar-refractivity contribution in [3.05, 3.63) is 63.5 Å². The van der Waals surface area contributed by atoms with Crippen molar-refractivity contribution in [2.75, 3.05) is 6.61 Å². The summed E-state index contributed by atoms with van der Waals surface area (Å²) in [6.45, 7) is 1.84. The molecule has 6 nitrogen and oxygen atoms in total. The molecule has 2 amide bonds. The van der Waals surface area contributed by atoms with E-state index in [1.807, 2.05) is 24.3 Å². The van der Waals surface area contributed by atoms with Gasteiger partial charge >= 0.3 is 0 Å². The summed E-state index contributed by atoms with van der Waals surface area (Å²) in [5, 5.41) is 3.60. The number of amidine groups is 1. The van der Waals surface area contributed by atoms with E-state index >= 15 is 0 Å². The number of aliphatic imine (C=N–C) groups is 1. The molecule has 1 aliphatic rings. The molecule has 0 bridgehead atoms. The SMILES string of the molecule is CCc1ccc(N=C2NC(=O)C(=Cc3ccc(OCC(N)=O)c(Cl)c3)S2)cc1. The Morgan fingerprint density at radius 2 is 2.04 bits per heavy atom. The number of primary amides is 1. The van der Waals surface area contributed by atoms with E-state index in [1.165, 1.54) is 17.3 Å². The molecule has 0 spiro atoms. The maximum absolute atomic E-state index is 12.2. The number of carbonyl (C=O) groups is 2. The average Bonchev–Trinajstić information content (AvgIpc) is 3.00. The molecule has 0 aliphatic carbocycles. The van der Waals surface area contributed by atoms with Crippen molar-refractivity contribution in [1.82, 2.24) is 5.32 Å². The Morgan fingerprint density at radius 3 is 2.68 bits per heavy atom. The Morgan fingerprint density at radius 1 is 1.29 bits per heavy atom. The van der Waals surface area contributed by atoms with Crippen molar-refractivity contribution in [3.8, 4) is 5.75 Å². The second-order valence-corrected chi connectivity index (χ2v) is 7.38. The van der Waals surface area contributed by atoms with Crippen molar-refractivity contribution in [2.24, 2.45) is 10.7 Å². The number of carbonyl (C=O) groups excluding carboxylic acids is 2. The molecule has 144 valence electrons. The van der Waals surface area contributed by atoms with Crippen LogP contribution in [0.15, 0.2) is 52.4 Å². The molecule has 0 atom stereocenters. The van der Waals surface area contributed by atoms with E-state index in [4.69, 9.17) is 22.1 Å². The standard InChI is InChI=1S/C20H18ClN3O3S/c1-2-12-3-6-14(7-4-12)23-20-24-19(26)17(28-20)10-13-5-8-16(15(21)9-13)27-11-18(22)25/h3-10H,2,11H2,1H3,(H2,22,25)(H,23,24,26). The maximum Gasteiger partial charge on any atom is 0.264 e. The Kier molecular flexibility index (Phi) is 6.38. The number of nitrogens with two attached hydrogens (primary N) is 1. The molecule has 2 aromatic rings. The van der Waals surface area contributed by atoms with E-state index in [2.05, 4.69) is 17.2 Å². The highest BCUT2D eigenvalue weighted by atomic mass is 35.5. The number of halogens is 1. The third-order valence-electron chi connectivity index (χ3n) is 3.85. The number of aryl methyl sites for hydroxylation is 1.